The molecule has 0 radical (unpaired) electrons. The summed E-state index contributed by atoms with van der Waals surface area (Å²) in [5, 5.41) is 13.0. The molecule has 3 aromatic carbocycles. The summed E-state index contributed by atoms with van der Waals surface area (Å²) in [4.78, 5) is 26.8. The smallest absolute Gasteiger partial charge is 0.261 e. The number of aromatic nitrogens is 4. The first-order valence-corrected chi connectivity index (χ1v) is 11.7. The van der Waals surface area contributed by atoms with E-state index in [9.17, 15) is 9.90 Å². The standard InChI is InChI=1S/C28H24N4O3/c33-26-16-35-12-9-25(26)32-17-31-27-22-4-2-1-3-21(22)20(14-23(27)28(32)34)13-18-5-7-19(8-6-18)24-15-29-10-11-30-24/h1-8,10-11,14-15,17,25-26,33H,9,12-13,16H2. The molecule has 0 aliphatic carbocycles. The highest BCUT2D eigenvalue weighted by Crippen LogP contribution is 2.29. The predicted molar refractivity (Wildman–Crippen MR) is 134 cm³/mol. The second-order valence-corrected chi connectivity index (χ2v) is 8.90. The summed E-state index contributed by atoms with van der Waals surface area (Å²) in [5.41, 5.74) is 4.58. The molecule has 1 saturated heterocycles. The van der Waals surface area contributed by atoms with E-state index in [0.29, 0.717) is 30.4 Å². The van der Waals surface area contributed by atoms with Crippen LogP contribution in [0.3, 0.4) is 0 Å². The molecule has 35 heavy (non-hydrogen) atoms. The first kappa shape index (κ1) is 21.6. The first-order valence-electron chi connectivity index (χ1n) is 11.7. The van der Waals surface area contributed by atoms with E-state index < -0.39 is 6.10 Å². The largest absolute Gasteiger partial charge is 0.389 e. The zero-order valence-electron chi connectivity index (χ0n) is 19.0. The number of hydrogen-bond acceptors (Lipinski definition) is 6. The van der Waals surface area contributed by atoms with Crippen LogP contribution in [0.4, 0.5) is 0 Å². The van der Waals surface area contributed by atoms with E-state index in [1.54, 1.807) is 29.5 Å². The van der Waals surface area contributed by atoms with Gasteiger partial charge in [-0.3, -0.25) is 19.3 Å². The topological polar surface area (TPSA) is 90.1 Å². The van der Waals surface area contributed by atoms with Crippen LogP contribution in [-0.2, 0) is 11.2 Å². The zero-order chi connectivity index (χ0) is 23.8. The van der Waals surface area contributed by atoms with Crippen molar-refractivity contribution in [1.82, 2.24) is 19.5 Å². The summed E-state index contributed by atoms with van der Waals surface area (Å²) >= 11 is 0. The van der Waals surface area contributed by atoms with Crippen molar-refractivity contribution < 1.29 is 9.84 Å². The Balaban J connectivity index is 1.44. The highest BCUT2D eigenvalue weighted by molar-refractivity contribution is 6.06. The van der Waals surface area contributed by atoms with Gasteiger partial charge in [0.1, 0.15) is 0 Å². The number of benzene rings is 3. The Bertz CT molecular complexity index is 1570. The van der Waals surface area contributed by atoms with Crippen molar-refractivity contribution in [2.24, 2.45) is 0 Å². The molecule has 2 aromatic heterocycles. The molecule has 0 bridgehead atoms. The molecule has 2 atom stereocenters. The van der Waals surface area contributed by atoms with Crippen LogP contribution in [0.25, 0.3) is 32.9 Å². The molecule has 0 saturated carbocycles. The SMILES string of the molecule is O=c1c2cc(Cc3ccc(-c4cnccn4)cc3)c3ccccc3c2ncn1C1CCOCC1O. The van der Waals surface area contributed by atoms with Gasteiger partial charge < -0.3 is 9.84 Å². The van der Waals surface area contributed by atoms with Gasteiger partial charge in [0.15, 0.2) is 0 Å². The van der Waals surface area contributed by atoms with Crippen molar-refractivity contribution in [3.05, 3.63) is 101 Å². The molecular formula is C28H24N4O3. The third-order valence-electron chi connectivity index (χ3n) is 6.73. The second-order valence-electron chi connectivity index (χ2n) is 8.90. The lowest BCUT2D eigenvalue weighted by molar-refractivity contribution is -0.0395. The molecule has 2 unspecified atom stereocenters. The van der Waals surface area contributed by atoms with Crippen LogP contribution in [0.1, 0.15) is 23.6 Å². The summed E-state index contributed by atoms with van der Waals surface area (Å²) in [5.74, 6) is 0. The average Bonchev–Trinajstić information content (AvgIpc) is 2.91. The van der Waals surface area contributed by atoms with Crippen LogP contribution in [0.2, 0.25) is 0 Å². The third-order valence-corrected chi connectivity index (χ3v) is 6.73. The van der Waals surface area contributed by atoms with E-state index in [4.69, 9.17) is 4.74 Å². The molecule has 174 valence electrons. The van der Waals surface area contributed by atoms with E-state index in [2.05, 4.69) is 33.2 Å². The third kappa shape index (κ3) is 3.99. The second kappa shape index (κ2) is 9.02. The maximum absolute atomic E-state index is 13.6. The summed E-state index contributed by atoms with van der Waals surface area (Å²) < 4.78 is 6.92. The number of aliphatic hydroxyl groups is 1. The number of ether oxygens (including phenoxy) is 1. The fraction of sp³-hybridized carbons (Fsp3) is 0.214. The maximum Gasteiger partial charge on any atom is 0.261 e. The quantitative estimate of drug-likeness (QED) is 0.406. The monoisotopic (exact) mass is 464 g/mol. The fourth-order valence-corrected chi connectivity index (χ4v) is 4.93. The number of fused-ring (bicyclic) bond motifs is 3. The normalized spacial score (nSPS) is 18.2. The molecular weight excluding hydrogens is 440 g/mol. The molecule has 3 heterocycles. The van der Waals surface area contributed by atoms with Gasteiger partial charge in [-0.25, -0.2) is 4.98 Å². The lowest BCUT2D eigenvalue weighted by Gasteiger charge is -2.29. The summed E-state index contributed by atoms with van der Waals surface area (Å²) in [7, 11) is 0. The Morgan fingerprint density at radius 2 is 1.83 bits per heavy atom. The van der Waals surface area contributed by atoms with Gasteiger partial charge >= 0.3 is 0 Å². The summed E-state index contributed by atoms with van der Waals surface area (Å²) in [6.07, 6.45) is 7.19. The van der Waals surface area contributed by atoms with Crippen LogP contribution in [0.5, 0.6) is 0 Å². The molecule has 1 aliphatic rings. The minimum absolute atomic E-state index is 0.133. The van der Waals surface area contributed by atoms with Crippen molar-refractivity contribution in [1.29, 1.82) is 0 Å². The Hall–Kier alpha value is -3.94. The Labute approximate surface area is 201 Å². The van der Waals surface area contributed by atoms with Crippen LogP contribution in [0, 0.1) is 0 Å². The van der Waals surface area contributed by atoms with Gasteiger partial charge in [-0.1, -0.05) is 48.5 Å². The molecule has 0 amide bonds. The van der Waals surface area contributed by atoms with E-state index in [0.717, 1.165) is 33.2 Å². The molecule has 1 aliphatic heterocycles. The van der Waals surface area contributed by atoms with E-state index in [1.165, 1.54) is 0 Å². The van der Waals surface area contributed by atoms with Gasteiger partial charge in [0.2, 0.25) is 0 Å². The molecule has 1 fully saturated rings. The van der Waals surface area contributed by atoms with Gasteiger partial charge in [0, 0.05) is 30.0 Å². The molecule has 0 spiro atoms. The average molecular weight is 465 g/mol. The highest BCUT2D eigenvalue weighted by Gasteiger charge is 2.27. The minimum atomic E-state index is -0.728. The van der Waals surface area contributed by atoms with E-state index in [1.807, 2.05) is 36.4 Å². The van der Waals surface area contributed by atoms with Gasteiger partial charge in [0.05, 0.1) is 47.9 Å². The summed E-state index contributed by atoms with van der Waals surface area (Å²) in [6.45, 7) is 0.738. The Morgan fingerprint density at radius 3 is 2.60 bits per heavy atom. The van der Waals surface area contributed by atoms with Gasteiger partial charge in [-0.15, -0.1) is 0 Å². The number of rotatable bonds is 4. The van der Waals surface area contributed by atoms with Gasteiger partial charge in [-0.2, -0.15) is 0 Å². The van der Waals surface area contributed by atoms with Crippen molar-refractivity contribution in [2.75, 3.05) is 13.2 Å². The van der Waals surface area contributed by atoms with Crippen molar-refractivity contribution in [3.63, 3.8) is 0 Å². The molecule has 1 N–H and O–H groups in total. The van der Waals surface area contributed by atoms with Crippen LogP contribution in [0.15, 0.2) is 84.3 Å². The lowest BCUT2D eigenvalue weighted by atomic mass is 9.95. The van der Waals surface area contributed by atoms with Crippen molar-refractivity contribution >= 4 is 21.7 Å². The van der Waals surface area contributed by atoms with Crippen molar-refractivity contribution in [3.8, 4) is 11.3 Å². The van der Waals surface area contributed by atoms with Crippen LogP contribution in [-0.4, -0.2) is 43.9 Å². The number of hydrogen-bond donors (Lipinski definition) is 1. The van der Waals surface area contributed by atoms with Crippen LogP contribution >= 0.6 is 0 Å². The fourth-order valence-electron chi connectivity index (χ4n) is 4.93. The highest BCUT2D eigenvalue weighted by atomic mass is 16.5. The van der Waals surface area contributed by atoms with E-state index in [-0.39, 0.29) is 18.2 Å². The maximum atomic E-state index is 13.6. The first-order chi connectivity index (χ1) is 17.2. The Kier molecular flexibility index (Phi) is 5.56. The number of nitrogens with zero attached hydrogens (tertiary/aromatic N) is 4. The lowest BCUT2D eigenvalue weighted by Crippen LogP contribution is -2.39. The van der Waals surface area contributed by atoms with E-state index >= 15 is 0 Å². The molecule has 7 heteroatoms. The zero-order valence-corrected chi connectivity index (χ0v) is 19.0. The number of aliphatic hydroxyl groups excluding tert-OH is 1. The van der Waals surface area contributed by atoms with Gasteiger partial charge in [-0.05, 0) is 35.4 Å². The van der Waals surface area contributed by atoms with Gasteiger partial charge in [0.25, 0.3) is 5.56 Å². The minimum Gasteiger partial charge on any atom is -0.389 e. The molecule has 5 aromatic rings. The molecule has 6 rings (SSSR count). The Morgan fingerprint density at radius 1 is 1.00 bits per heavy atom. The molecule has 7 nitrogen and oxygen atoms in total. The van der Waals surface area contributed by atoms with Crippen molar-refractivity contribution in [2.45, 2.75) is 25.0 Å². The summed E-state index contributed by atoms with van der Waals surface area (Å²) in [6, 6.07) is 18.0. The van der Waals surface area contributed by atoms with Crippen LogP contribution < -0.4 is 5.56 Å². The predicted octanol–water partition coefficient (Wildman–Crippen LogP) is 3.92.